The number of fused-ring (bicyclic) bond motifs is 2. The van der Waals surface area contributed by atoms with Crippen LogP contribution in [0.15, 0.2) is 85.0 Å². The fourth-order valence-corrected chi connectivity index (χ4v) is 2.81. The van der Waals surface area contributed by atoms with Crippen molar-refractivity contribution in [3.8, 4) is 0 Å². The fourth-order valence-electron chi connectivity index (χ4n) is 2.81. The summed E-state index contributed by atoms with van der Waals surface area (Å²) in [5.41, 5.74) is 3.66. The van der Waals surface area contributed by atoms with Crippen molar-refractivity contribution < 1.29 is 14.4 Å². The zero-order chi connectivity index (χ0) is 22.3. The molecule has 0 aliphatic heterocycles. The Bertz CT molecular complexity index is 1100. The molecule has 0 saturated carbocycles. The maximum absolute atomic E-state index is 10.6. The minimum absolute atomic E-state index is 0.708. The number of benzene rings is 3. The lowest BCUT2D eigenvalue weighted by molar-refractivity contribution is -0.107. The normalized spacial score (nSPS) is 13.1. The molecule has 0 fully saturated rings. The minimum Gasteiger partial charge on any atom is -0.303 e. The third kappa shape index (κ3) is 7.82. The van der Waals surface area contributed by atoms with E-state index in [0.29, 0.717) is 12.0 Å². The average molecular weight is 411 g/mol. The van der Waals surface area contributed by atoms with Crippen molar-refractivity contribution in [3.63, 3.8) is 0 Å². The van der Waals surface area contributed by atoms with Crippen LogP contribution < -0.4 is 0 Å². The second kappa shape index (κ2) is 13.4. The Labute approximate surface area is 183 Å². The molecule has 1 aliphatic rings. The van der Waals surface area contributed by atoms with Crippen LogP contribution >= 0.6 is 0 Å². The van der Waals surface area contributed by atoms with Crippen molar-refractivity contribution in [2.45, 2.75) is 19.8 Å². The van der Waals surface area contributed by atoms with Crippen LogP contribution in [0.25, 0.3) is 22.9 Å². The van der Waals surface area contributed by atoms with Crippen LogP contribution in [0.3, 0.4) is 0 Å². The zero-order valence-electron chi connectivity index (χ0n) is 17.6. The topological polar surface area (TPSA) is 51.2 Å². The number of rotatable bonds is 4. The second-order valence-electron chi connectivity index (χ2n) is 6.79. The zero-order valence-corrected chi connectivity index (χ0v) is 17.6. The third-order valence-electron chi connectivity index (χ3n) is 4.45. The van der Waals surface area contributed by atoms with Gasteiger partial charge >= 0.3 is 0 Å². The lowest BCUT2D eigenvalue weighted by Crippen LogP contribution is -1.86. The molecule has 0 atom stereocenters. The van der Waals surface area contributed by atoms with Gasteiger partial charge in [-0.1, -0.05) is 91.9 Å². The van der Waals surface area contributed by atoms with Crippen LogP contribution in [-0.4, -0.2) is 18.9 Å². The Morgan fingerprint density at radius 1 is 0.645 bits per heavy atom. The highest BCUT2D eigenvalue weighted by molar-refractivity contribution is 5.88. The number of unbranched alkanes of at least 4 members (excludes halogenated alkanes) is 1. The predicted octanol–water partition coefficient (Wildman–Crippen LogP) is 6.73. The molecule has 4 rings (SSSR count). The van der Waals surface area contributed by atoms with Crippen molar-refractivity contribution in [1.29, 1.82) is 0 Å². The van der Waals surface area contributed by atoms with Crippen LogP contribution in [0.1, 0.15) is 51.6 Å². The fraction of sp³-hybridized carbons (Fsp3) is 0.107. The van der Waals surface area contributed by atoms with E-state index in [9.17, 15) is 14.4 Å². The molecule has 31 heavy (non-hydrogen) atoms. The van der Waals surface area contributed by atoms with Gasteiger partial charge in [-0.05, 0) is 40.5 Å². The molecule has 0 radical (unpaired) electrons. The molecule has 3 aromatic rings. The molecule has 0 bridgehead atoms. The number of carbonyl (C=O) groups excluding carboxylic acids is 3. The Hall–Kier alpha value is -3.85. The van der Waals surface area contributed by atoms with Crippen LogP contribution in [0.2, 0.25) is 0 Å². The van der Waals surface area contributed by atoms with Gasteiger partial charge in [-0.2, -0.15) is 0 Å². The van der Waals surface area contributed by atoms with Crippen LogP contribution in [0.4, 0.5) is 0 Å². The minimum atomic E-state index is 0.708. The number of aldehydes is 3. The first kappa shape index (κ1) is 23.4. The summed E-state index contributed by atoms with van der Waals surface area (Å²) in [7, 11) is 0. The summed E-state index contributed by atoms with van der Waals surface area (Å²) in [6.45, 7) is 1.98. The monoisotopic (exact) mass is 410 g/mol. The first-order chi connectivity index (χ1) is 15.2. The van der Waals surface area contributed by atoms with Crippen molar-refractivity contribution in [2.24, 2.45) is 0 Å². The van der Waals surface area contributed by atoms with E-state index in [4.69, 9.17) is 0 Å². The van der Waals surface area contributed by atoms with Gasteiger partial charge in [0.2, 0.25) is 0 Å². The van der Waals surface area contributed by atoms with Gasteiger partial charge in [-0.25, -0.2) is 0 Å². The van der Waals surface area contributed by atoms with Gasteiger partial charge in [0.15, 0.2) is 0 Å². The van der Waals surface area contributed by atoms with E-state index in [2.05, 4.69) is 0 Å². The van der Waals surface area contributed by atoms with Gasteiger partial charge in [0, 0.05) is 17.5 Å². The van der Waals surface area contributed by atoms with Crippen LogP contribution in [0.5, 0.6) is 0 Å². The van der Waals surface area contributed by atoms with Gasteiger partial charge in [-0.3, -0.25) is 9.59 Å². The molecule has 3 nitrogen and oxygen atoms in total. The second-order valence-corrected chi connectivity index (χ2v) is 6.79. The quantitative estimate of drug-likeness (QED) is 0.448. The maximum atomic E-state index is 10.6. The van der Waals surface area contributed by atoms with Crippen LogP contribution in [-0.2, 0) is 4.79 Å². The van der Waals surface area contributed by atoms with Gasteiger partial charge in [0.1, 0.15) is 18.9 Å². The standard InChI is InChI=1S/C13H10O.C11H8O.C4H8O/c14-10-11-7-8-12-5-3-1-2-4-6-13(12)9-11;12-8-9-5-6-10-3-1-2-4-11(10)7-9;1-2-3-4-5/h1-10H;1-8H;4H,2-3H2,1H3/b2-1-,3-1?,4-2?,5-3?,6-4-,12-5?,13-6?;;. The lowest BCUT2D eigenvalue weighted by Gasteiger charge is -2.02. The predicted molar refractivity (Wildman–Crippen MR) is 129 cm³/mol. The van der Waals surface area contributed by atoms with E-state index in [1.807, 2.05) is 104 Å². The molecule has 0 aromatic heterocycles. The van der Waals surface area contributed by atoms with E-state index in [1.54, 1.807) is 0 Å². The molecule has 156 valence electrons. The number of carbonyl (C=O) groups is 3. The van der Waals surface area contributed by atoms with Gasteiger partial charge in [-0.15, -0.1) is 0 Å². The van der Waals surface area contributed by atoms with E-state index in [-0.39, 0.29) is 0 Å². The molecular weight excluding hydrogens is 384 g/mol. The smallest absolute Gasteiger partial charge is 0.150 e. The molecule has 3 aromatic carbocycles. The highest BCUT2D eigenvalue weighted by atomic mass is 16.1. The molecule has 1 aliphatic carbocycles. The highest BCUT2D eigenvalue weighted by Crippen LogP contribution is 2.16. The molecule has 0 saturated heterocycles. The number of hydrogen-bond donors (Lipinski definition) is 0. The highest BCUT2D eigenvalue weighted by Gasteiger charge is 1.98. The molecular formula is C28H26O3. The summed E-state index contributed by atoms with van der Waals surface area (Å²) in [5, 5.41) is 2.28. The van der Waals surface area contributed by atoms with Gasteiger partial charge < -0.3 is 4.79 Å². The molecule has 0 heterocycles. The summed E-state index contributed by atoms with van der Waals surface area (Å²) in [6.07, 6.45) is 16.3. The Morgan fingerprint density at radius 2 is 1.26 bits per heavy atom. The molecule has 0 spiro atoms. The first-order valence-electron chi connectivity index (χ1n) is 10.2. The van der Waals surface area contributed by atoms with E-state index < -0.39 is 0 Å². The number of allylic oxidation sites excluding steroid dienone is 4. The van der Waals surface area contributed by atoms with Crippen molar-refractivity contribution in [2.75, 3.05) is 0 Å². The van der Waals surface area contributed by atoms with E-state index in [0.717, 1.165) is 47.4 Å². The Morgan fingerprint density at radius 3 is 1.87 bits per heavy atom. The van der Waals surface area contributed by atoms with Crippen LogP contribution in [0, 0.1) is 0 Å². The Kier molecular flexibility index (Phi) is 10.1. The maximum Gasteiger partial charge on any atom is 0.150 e. The van der Waals surface area contributed by atoms with Gasteiger partial charge in [0.25, 0.3) is 0 Å². The van der Waals surface area contributed by atoms with Crippen molar-refractivity contribution in [1.82, 2.24) is 0 Å². The van der Waals surface area contributed by atoms with E-state index >= 15 is 0 Å². The van der Waals surface area contributed by atoms with Crippen molar-refractivity contribution in [3.05, 3.63) is 107 Å². The summed E-state index contributed by atoms with van der Waals surface area (Å²) in [4.78, 5) is 30.4. The third-order valence-corrected chi connectivity index (χ3v) is 4.45. The number of hydrogen-bond acceptors (Lipinski definition) is 3. The van der Waals surface area contributed by atoms with Crippen molar-refractivity contribution >= 4 is 41.8 Å². The lowest BCUT2D eigenvalue weighted by atomic mass is 10.0. The molecule has 0 unspecified atom stereocenters. The molecule has 0 amide bonds. The Balaban J connectivity index is 0.000000184. The summed E-state index contributed by atoms with van der Waals surface area (Å²) < 4.78 is 0. The first-order valence-corrected chi connectivity index (χ1v) is 10.2. The summed E-state index contributed by atoms with van der Waals surface area (Å²) in [6, 6.07) is 19.3. The SMILES string of the molecule is CCCC=O.O=Cc1ccc2c(c1)/C=C\C=C/C=C2.O=Cc1ccc2ccccc2c1. The largest absolute Gasteiger partial charge is 0.303 e. The molecule has 0 N–H and O–H groups in total. The average Bonchev–Trinajstić information content (AvgIpc) is 2.80. The summed E-state index contributed by atoms with van der Waals surface area (Å²) in [5.74, 6) is 0. The van der Waals surface area contributed by atoms with E-state index in [1.165, 1.54) is 5.39 Å². The molecule has 3 heteroatoms. The summed E-state index contributed by atoms with van der Waals surface area (Å²) >= 11 is 0. The van der Waals surface area contributed by atoms with Gasteiger partial charge in [0.05, 0.1) is 0 Å².